The summed E-state index contributed by atoms with van der Waals surface area (Å²) in [5, 5.41) is 29.8. The van der Waals surface area contributed by atoms with Gasteiger partial charge in [-0.25, -0.2) is 4.79 Å². The monoisotopic (exact) mass is 335 g/mol. The number of hydrogen-bond donors (Lipinski definition) is 3. The average molecular weight is 335 g/mol. The van der Waals surface area contributed by atoms with Gasteiger partial charge >= 0.3 is 13.1 Å². The fourth-order valence-corrected chi connectivity index (χ4v) is 2.97. The summed E-state index contributed by atoms with van der Waals surface area (Å²) in [6.45, 7) is 0.498. The van der Waals surface area contributed by atoms with Crippen molar-refractivity contribution < 1.29 is 19.9 Å². The average Bonchev–Trinajstić information content (AvgIpc) is 2.60. The summed E-state index contributed by atoms with van der Waals surface area (Å²) in [5.41, 5.74) is 2.49. The lowest BCUT2D eigenvalue weighted by Crippen LogP contribution is -2.35. The molecule has 6 heteroatoms. The summed E-state index contributed by atoms with van der Waals surface area (Å²) in [4.78, 5) is 13.3. The number of carboxylic acid groups (broad SMARTS) is 1. The molecule has 0 aliphatic carbocycles. The highest BCUT2D eigenvalue weighted by atomic mass is 16.4. The van der Waals surface area contributed by atoms with Gasteiger partial charge in [0.2, 0.25) is 0 Å². The molecule has 0 saturated heterocycles. The maximum absolute atomic E-state index is 11.3. The van der Waals surface area contributed by atoms with Gasteiger partial charge in [0.25, 0.3) is 0 Å². The topological polar surface area (TPSA) is 81.0 Å². The lowest BCUT2D eigenvalue weighted by atomic mass is 9.77. The first kappa shape index (κ1) is 17.0. The molecule has 3 aromatic carbocycles. The molecule has 0 fully saturated rings. The Labute approximate surface area is 145 Å². The van der Waals surface area contributed by atoms with Crippen LogP contribution in [0.25, 0.3) is 10.8 Å². The van der Waals surface area contributed by atoms with Gasteiger partial charge in [0, 0.05) is 19.3 Å². The normalized spacial score (nSPS) is 10.7. The third-order valence-corrected chi connectivity index (χ3v) is 4.28. The van der Waals surface area contributed by atoms with Crippen molar-refractivity contribution in [2.45, 2.75) is 6.54 Å². The van der Waals surface area contributed by atoms with E-state index in [4.69, 9.17) is 0 Å². The second kappa shape index (κ2) is 6.97. The Balaban J connectivity index is 1.93. The van der Waals surface area contributed by atoms with Crippen LogP contribution in [0, 0.1) is 0 Å². The number of benzene rings is 3. The smallest absolute Gasteiger partial charge is 0.478 e. The lowest BCUT2D eigenvalue weighted by molar-refractivity contribution is 0.0699. The van der Waals surface area contributed by atoms with Gasteiger partial charge < -0.3 is 20.1 Å². The second-order valence-electron chi connectivity index (χ2n) is 5.94. The number of hydrogen-bond acceptors (Lipinski definition) is 4. The highest BCUT2D eigenvalue weighted by Crippen LogP contribution is 2.25. The molecule has 0 unspecified atom stereocenters. The van der Waals surface area contributed by atoms with Crippen LogP contribution in [0.4, 0.5) is 5.69 Å². The van der Waals surface area contributed by atoms with Crippen molar-refractivity contribution in [2.75, 3.05) is 11.9 Å². The zero-order valence-electron chi connectivity index (χ0n) is 13.8. The fourth-order valence-electron chi connectivity index (χ4n) is 2.97. The van der Waals surface area contributed by atoms with Crippen molar-refractivity contribution in [2.24, 2.45) is 0 Å². The predicted molar refractivity (Wildman–Crippen MR) is 99.3 cm³/mol. The van der Waals surface area contributed by atoms with Crippen LogP contribution < -0.4 is 10.4 Å². The van der Waals surface area contributed by atoms with Crippen LogP contribution in [0.1, 0.15) is 15.9 Å². The maximum atomic E-state index is 11.3. The van der Waals surface area contributed by atoms with E-state index in [2.05, 4.69) is 0 Å². The predicted octanol–water partition coefficient (Wildman–Crippen LogP) is 1.85. The van der Waals surface area contributed by atoms with Gasteiger partial charge in [-0.2, -0.15) is 0 Å². The number of nitrogens with zero attached hydrogens (tertiary/aromatic N) is 1. The minimum atomic E-state index is -1.51. The number of aromatic carboxylic acids is 1. The molecule has 0 atom stereocenters. The van der Waals surface area contributed by atoms with Crippen molar-refractivity contribution in [3.63, 3.8) is 0 Å². The van der Waals surface area contributed by atoms with Gasteiger partial charge in [-0.05, 0) is 40.0 Å². The van der Waals surface area contributed by atoms with Crippen LogP contribution in [0.15, 0.2) is 60.7 Å². The van der Waals surface area contributed by atoms with E-state index in [0.29, 0.717) is 17.4 Å². The molecule has 0 radical (unpaired) electrons. The van der Waals surface area contributed by atoms with Crippen molar-refractivity contribution in [1.82, 2.24) is 0 Å². The van der Waals surface area contributed by atoms with Crippen LogP contribution in [0.5, 0.6) is 0 Å². The molecule has 3 aromatic rings. The minimum Gasteiger partial charge on any atom is -0.478 e. The Kier molecular flexibility index (Phi) is 4.74. The van der Waals surface area contributed by atoms with E-state index in [1.807, 2.05) is 42.3 Å². The van der Waals surface area contributed by atoms with E-state index < -0.39 is 13.1 Å². The largest absolute Gasteiger partial charge is 0.488 e. The number of fused-ring (bicyclic) bond motifs is 1. The Hall–Kier alpha value is -2.83. The lowest BCUT2D eigenvalue weighted by Gasteiger charge is -2.22. The number of carbonyl (C=O) groups is 1. The van der Waals surface area contributed by atoms with Gasteiger partial charge in [0.1, 0.15) is 0 Å². The molecule has 5 nitrogen and oxygen atoms in total. The molecule has 25 heavy (non-hydrogen) atoms. The van der Waals surface area contributed by atoms with E-state index in [-0.39, 0.29) is 5.56 Å². The summed E-state index contributed by atoms with van der Waals surface area (Å²) in [6.07, 6.45) is 0. The molecule has 126 valence electrons. The summed E-state index contributed by atoms with van der Waals surface area (Å²) < 4.78 is 0. The Morgan fingerprint density at radius 3 is 2.52 bits per heavy atom. The van der Waals surface area contributed by atoms with Crippen molar-refractivity contribution >= 4 is 35.0 Å². The first-order chi connectivity index (χ1) is 12.0. The van der Waals surface area contributed by atoms with E-state index in [1.165, 1.54) is 0 Å². The number of carboxylic acids is 1. The SMILES string of the molecule is CN(Cc1ccccc1B(O)O)c1ccc2c(C(=O)O)cccc2c1. The second-order valence-corrected chi connectivity index (χ2v) is 5.94. The summed E-state index contributed by atoms with van der Waals surface area (Å²) in [5.74, 6) is -0.947. The molecule has 3 rings (SSSR count). The van der Waals surface area contributed by atoms with Crippen molar-refractivity contribution in [3.05, 3.63) is 71.8 Å². The number of anilines is 1. The zero-order chi connectivity index (χ0) is 18.0. The van der Waals surface area contributed by atoms with Crippen LogP contribution in [0.2, 0.25) is 0 Å². The van der Waals surface area contributed by atoms with Gasteiger partial charge in [-0.1, -0.05) is 42.5 Å². The Morgan fingerprint density at radius 1 is 1.04 bits per heavy atom. The highest BCUT2D eigenvalue weighted by molar-refractivity contribution is 6.59. The molecule has 0 aliphatic heterocycles. The third kappa shape index (κ3) is 3.50. The molecule has 0 aromatic heterocycles. The van der Waals surface area contributed by atoms with Crippen molar-refractivity contribution in [3.8, 4) is 0 Å². The maximum Gasteiger partial charge on any atom is 0.488 e. The molecule has 0 bridgehead atoms. The highest BCUT2D eigenvalue weighted by Gasteiger charge is 2.16. The first-order valence-electron chi connectivity index (χ1n) is 7.88. The molecule has 0 amide bonds. The van der Waals surface area contributed by atoms with E-state index >= 15 is 0 Å². The molecule has 0 heterocycles. The Morgan fingerprint density at radius 2 is 1.80 bits per heavy atom. The zero-order valence-corrected chi connectivity index (χ0v) is 13.8. The molecule has 3 N–H and O–H groups in total. The van der Waals surface area contributed by atoms with E-state index in [0.717, 1.165) is 16.6 Å². The van der Waals surface area contributed by atoms with Crippen LogP contribution in [0.3, 0.4) is 0 Å². The first-order valence-corrected chi connectivity index (χ1v) is 7.88. The van der Waals surface area contributed by atoms with E-state index in [9.17, 15) is 19.9 Å². The minimum absolute atomic E-state index is 0.278. The summed E-state index contributed by atoms with van der Waals surface area (Å²) in [6, 6.07) is 18.0. The van der Waals surface area contributed by atoms with Crippen LogP contribution in [-0.4, -0.2) is 35.3 Å². The van der Waals surface area contributed by atoms with Gasteiger partial charge in [0.15, 0.2) is 0 Å². The Bertz CT molecular complexity index is 926. The fraction of sp³-hybridized carbons (Fsp3) is 0.105. The standard InChI is InChI=1S/C19H18BNO4/c1-21(12-14-5-2-3-8-18(14)20(24)25)15-9-10-16-13(11-15)6-4-7-17(16)19(22)23/h2-11,24-25H,12H2,1H3,(H,22,23). The molecular weight excluding hydrogens is 317 g/mol. The van der Waals surface area contributed by atoms with Gasteiger partial charge in [-0.3, -0.25) is 0 Å². The molecule has 0 aliphatic rings. The van der Waals surface area contributed by atoms with Crippen LogP contribution >= 0.6 is 0 Å². The molecular formula is C19H18BNO4. The van der Waals surface area contributed by atoms with E-state index in [1.54, 1.807) is 30.3 Å². The quantitative estimate of drug-likeness (QED) is 0.620. The summed E-state index contributed by atoms with van der Waals surface area (Å²) >= 11 is 0. The number of rotatable bonds is 5. The third-order valence-electron chi connectivity index (χ3n) is 4.28. The van der Waals surface area contributed by atoms with Crippen LogP contribution in [-0.2, 0) is 6.54 Å². The van der Waals surface area contributed by atoms with Gasteiger partial charge in [-0.15, -0.1) is 0 Å². The molecule has 0 spiro atoms. The van der Waals surface area contributed by atoms with Crippen molar-refractivity contribution in [1.29, 1.82) is 0 Å². The molecule has 0 saturated carbocycles. The van der Waals surface area contributed by atoms with Gasteiger partial charge in [0.05, 0.1) is 5.56 Å². The summed E-state index contributed by atoms with van der Waals surface area (Å²) in [7, 11) is 0.391.